The van der Waals surface area contributed by atoms with E-state index < -0.39 is 0 Å². The highest BCUT2D eigenvalue weighted by atomic mass is 19.1. The van der Waals surface area contributed by atoms with E-state index in [1.807, 2.05) is 43.6 Å². The Labute approximate surface area is 171 Å². The summed E-state index contributed by atoms with van der Waals surface area (Å²) in [5.41, 5.74) is 2.78. The summed E-state index contributed by atoms with van der Waals surface area (Å²) in [6, 6.07) is 15.6. The van der Waals surface area contributed by atoms with Gasteiger partial charge in [0.15, 0.2) is 5.96 Å². The molecule has 0 bridgehead atoms. The van der Waals surface area contributed by atoms with Gasteiger partial charge in [-0.1, -0.05) is 42.5 Å². The molecule has 0 spiro atoms. The minimum atomic E-state index is -0.190. The monoisotopic (exact) mass is 393 g/mol. The molecule has 6 heteroatoms. The number of nitrogens with zero attached hydrogens (tertiary/aromatic N) is 3. The Morgan fingerprint density at radius 1 is 1.21 bits per heavy atom. The Morgan fingerprint density at radius 2 is 2.00 bits per heavy atom. The maximum atomic E-state index is 13.8. The number of aryl methyl sites for hydroxylation is 1. The summed E-state index contributed by atoms with van der Waals surface area (Å²) < 4.78 is 16.0. The molecule has 0 aliphatic heterocycles. The van der Waals surface area contributed by atoms with Crippen LogP contribution in [0.4, 0.5) is 4.39 Å². The zero-order chi connectivity index (χ0) is 20.6. The summed E-state index contributed by atoms with van der Waals surface area (Å²) in [6.07, 6.45) is 4.61. The summed E-state index contributed by atoms with van der Waals surface area (Å²) >= 11 is 0. The second-order valence-corrected chi connectivity index (χ2v) is 7.08. The van der Waals surface area contributed by atoms with Crippen molar-refractivity contribution in [1.82, 2.24) is 20.2 Å². The van der Waals surface area contributed by atoms with Gasteiger partial charge in [-0.2, -0.15) is 0 Å². The Kier molecular flexibility index (Phi) is 7.00. The van der Waals surface area contributed by atoms with Crippen LogP contribution in [0.5, 0.6) is 0 Å². The van der Waals surface area contributed by atoms with Crippen molar-refractivity contribution >= 4 is 5.96 Å². The molecule has 1 unspecified atom stereocenters. The average molecular weight is 394 g/mol. The van der Waals surface area contributed by atoms with E-state index in [0.717, 1.165) is 24.4 Å². The van der Waals surface area contributed by atoms with Crippen LogP contribution in [-0.2, 0) is 13.0 Å². The SMILES string of the molecule is CN=C(NCCc1nccn1Cc1ccccc1)NC(C)c1ccc(C)c(F)c1. The highest BCUT2D eigenvalue weighted by molar-refractivity contribution is 5.80. The van der Waals surface area contributed by atoms with Crippen molar-refractivity contribution in [2.75, 3.05) is 13.6 Å². The number of imidazole rings is 1. The van der Waals surface area contributed by atoms with Crippen molar-refractivity contribution < 1.29 is 4.39 Å². The molecule has 0 amide bonds. The van der Waals surface area contributed by atoms with Crippen molar-refractivity contribution in [3.63, 3.8) is 0 Å². The van der Waals surface area contributed by atoms with Crippen LogP contribution in [0.1, 0.15) is 35.5 Å². The maximum absolute atomic E-state index is 13.8. The molecule has 152 valence electrons. The smallest absolute Gasteiger partial charge is 0.191 e. The van der Waals surface area contributed by atoms with Gasteiger partial charge >= 0.3 is 0 Å². The molecular weight excluding hydrogens is 365 g/mol. The number of benzene rings is 2. The number of aliphatic imine (C=N–C) groups is 1. The lowest BCUT2D eigenvalue weighted by Crippen LogP contribution is -2.39. The number of halogens is 1. The molecule has 1 atom stereocenters. The van der Waals surface area contributed by atoms with Crippen LogP contribution < -0.4 is 10.6 Å². The molecular formula is C23H28FN5. The van der Waals surface area contributed by atoms with E-state index in [1.165, 1.54) is 5.56 Å². The molecule has 2 aromatic carbocycles. The van der Waals surface area contributed by atoms with Gasteiger partial charge in [-0.3, -0.25) is 4.99 Å². The number of guanidine groups is 1. The van der Waals surface area contributed by atoms with E-state index in [-0.39, 0.29) is 11.9 Å². The molecule has 0 fully saturated rings. The summed E-state index contributed by atoms with van der Waals surface area (Å²) in [5.74, 6) is 1.51. The predicted molar refractivity (Wildman–Crippen MR) is 116 cm³/mol. The van der Waals surface area contributed by atoms with Crippen molar-refractivity contribution in [1.29, 1.82) is 0 Å². The standard InChI is InChI=1S/C23H28FN5/c1-17-9-10-20(15-21(17)24)18(2)28-23(25-3)27-12-11-22-26-13-14-29(22)16-19-7-5-4-6-8-19/h4-10,13-15,18H,11-12,16H2,1-3H3,(H2,25,27,28). The van der Waals surface area contributed by atoms with E-state index in [2.05, 4.69) is 37.3 Å². The van der Waals surface area contributed by atoms with E-state index >= 15 is 0 Å². The fourth-order valence-corrected chi connectivity index (χ4v) is 3.15. The van der Waals surface area contributed by atoms with Gasteiger partial charge in [0.25, 0.3) is 0 Å². The van der Waals surface area contributed by atoms with Crippen LogP contribution in [0.3, 0.4) is 0 Å². The number of aromatic nitrogens is 2. The molecule has 1 aromatic heterocycles. The minimum Gasteiger partial charge on any atom is -0.356 e. The molecule has 0 saturated carbocycles. The second-order valence-electron chi connectivity index (χ2n) is 7.08. The molecule has 2 N–H and O–H groups in total. The van der Waals surface area contributed by atoms with Crippen LogP contribution in [0.25, 0.3) is 0 Å². The topological polar surface area (TPSA) is 54.2 Å². The van der Waals surface area contributed by atoms with Gasteiger partial charge in [-0.15, -0.1) is 0 Å². The summed E-state index contributed by atoms with van der Waals surface area (Å²) in [5, 5.41) is 6.63. The van der Waals surface area contributed by atoms with Gasteiger partial charge in [0.1, 0.15) is 11.6 Å². The third-order valence-electron chi connectivity index (χ3n) is 4.91. The summed E-state index contributed by atoms with van der Waals surface area (Å²) in [6.45, 7) is 5.25. The third kappa shape index (κ3) is 5.67. The van der Waals surface area contributed by atoms with Crippen molar-refractivity contribution in [3.05, 3.63) is 89.3 Å². The first-order valence-corrected chi connectivity index (χ1v) is 9.84. The quantitative estimate of drug-likeness (QED) is 0.474. The lowest BCUT2D eigenvalue weighted by atomic mass is 10.1. The molecule has 0 aliphatic carbocycles. The first-order valence-electron chi connectivity index (χ1n) is 9.84. The van der Waals surface area contributed by atoms with Crippen LogP contribution in [0.2, 0.25) is 0 Å². The number of rotatable bonds is 7. The van der Waals surface area contributed by atoms with Crippen LogP contribution in [0.15, 0.2) is 65.9 Å². The molecule has 0 radical (unpaired) electrons. The van der Waals surface area contributed by atoms with Gasteiger partial charge in [-0.25, -0.2) is 9.37 Å². The lowest BCUT2D eigenvalue weighted by molar-refractivity contribution is 0.607. The molecule has 3 rings (SSSR count). The fraction of sp³-hybridized carbons (Fsp3) is 0.304. The van der Waals surface area contributed by atoms with E-state index in [0.29, 0.717) is 18.1 Å². The van der Waals surface area contributed by atoms with Crippen LogP contribution >= 0.6 is 0 Å². The second kappa shape index (κ2) is 9.87. The number of nitrogens with one attached hydrogen (secondary N) is 2. The summed E-state index contributed by atoms with van der Waals surface area (Å²) in [7, 11) is 1.73. The first-order chi connectivity index (χ1) is 14.1. The van der Waals surface area contributed by atoms with E-state index in [1.54, 1.807) is 26.1 Å². The Hall–Kier alpha value is -3.15. The van der Waals surface area contributed by atoms with Crippen molar-refractivity contribution in [2.45, 2.75) is 32.9 Å². The van der Waals surface area contributed by atoms with Crippen LogP contribution in [0, 0.1) is 12.7 Å². The zero-order valence-electron chi connectivity index (χ0n) is 17.2. The maximum Gasteiger partial charge on any atom is 0.191 e. The Bertz CT molecular complexity index is 949. The third-order valence-corrected chi connectivity index (χ3v) is 4.91. The first kappa shape index (κ1) is 20.6. The normalized spacial score (nSPS) is 12.6. The van der Waals surface area contributed by atoms with Gasteiger partial charge in [0, 0.05) is 39.0 Å². The molecule has 0 aliphatic rings. The lowest BCUT2D eigenvalue weighted by Gasteiger charge is -2.19. The molecule has 1 heterocycles. The van der Waals surface area contributed by atoms with Gasteiger partial charge in [0.2, 0.25) is 0 Å². The van der Waals surface area contributed by atoms with E-state index in [4.69, 9.17) is 0 Å². The van der Waals surface area contributed by atoms with Gasteiger partial charge < -0.3 is 15.2 Å². The summed E-state index contributed by atoms with van der Waals surface area (Å²) in [4.78, 5) is 8.76. The average Bonchev–Trinajstić information content (AvgIpc) is 3.16. The Balaban J connectivity index is 1.53. The van der Waals surface area contributed by atoms with Crippen molar-refractivity contribution in [2.24, 2.45) is 4.99 Å². The van der Waals surface area contributed by atoms with Crippen LogP contribution in [-0.4, -0.2) is 29.1 Å². The molecule has 0 saturated heterocycles. The molecule has 29 heavy (non-hydrogen) atoms. The molecule has 3 aromatic rings. The largest absolute Gasteiger partial charge is 0.356 e. The highest BCUT2D eigenvalue weighted by Crippen LogP contribution is 2.16. The number of hydrogen-bond donors (Lipinski definition) is 2. The van der Waals surface area contributed by atoms with Crippen molar-refractivity contribution in [3.8, 4) is 0 Å². The minimum absolute atomic E-state index is 0.0589. The molecule has 5 nitrogen and oxygen atoms in total. The Morgan fingerprint density at radius 3 is 2.72 bits per heavy atom. The predicted octanol–water partition coefficient (Wildman–Crippen LogP) is 3.85. The van der Waals surface area contributed by atoms with Gasteiger partial charge in [-0.05, 0) is 36.6 Å². The zero-order valence-corrected chi connectivity index (χ0v) is 17.2. The van der Waals surface area contributed by atoms with E-state index in [9.17, 15) is 4.39 Å². The number of hydrogen-bond acceptors (Lipinski definition) is 2. The van der Waals surface area contributed by atoms with Gasteiger partial charge in [0.05, 0.1) is 6.04 Å². The fourth-order valence-electron chi connectivity index (χ4n) is 3.15. The highest BCUT2D eigenvalue weighted by Gasteiger charge is 2.10.